The van der Waals surface area contributed by atoms with Gasteiger partial charge in [0.05, 0.1) is 22.2 Å². The Kier molecular flexibility index (Phi) is 4.74. The van der Waals surface area contributed by atoms with Gasteiger partial charge in [-0.15, -0.1) is 0 Å². The lowest BCUT2D eigenvalue weighted by Crippen LogP contribution is -2.02. The van der Waals surface area contributed by atoms with Gasteiger partial charge in [-0.1, -0.05) is 6.07 Å². The van der Waals surface area contributed by atoms with Gasteiger partial charge in [-0.05, 0) is 39.7 Å². The number of nitro groups is 1. The number of hydrogen-bond donors (Lipinski definition) is 1. The van der Waals surface area contributed by atoms with Crippen molar-refractivity contribution in [1.82, 2.24) is 0 Å². The van der Waals surface area contributed by atoms with Crippen molar-refractivity contribution < 1.29 is 14.1 Å². The van der Waals surface area contributed by atoms with E-state index >= 15 is 0 Å². The van der Waals surface area contributed by atoms with Gasteiger partial charge >= 0.3 is 0 Å². The van der Waals surface area contributed by atoms with Crippen LogP contribution in [0.25, 0.3) is 0 Å². The van der Waals surface area contributed by atoms with E-state index in [1.807, 2.05) is 0 Å². The second-order valence-corrected chi connectivity index (χ2v) is 5.10. The van der Waals surface area contributed by atoms with Crippen LogP contribution in [0, 0.1) is 15.9 Å². The third kappa shape index (κ3) is 3.69. The number of nitrogens with one attached hydrogen (secondary N) is 1. The van der Waals surface area contributed by atoms with Crippen molar-refractivity contribution in [3.05, 3.63) is 62.4 Å². The molecule has 0 saturated carbocycles. The maximum atomic E-state index is 13.1. The Balaban J connectivity index is 2.17. The Bertz CT molecular complexity index is 679. The summed E-state index contributed by atoms with van der Waals surface area (Å²) in [6, 6.07) is 9.01. The molecule has 110 valence electrons. The summed E-state index contributed by atoms with van der Waals surface area (Å²) in [5, 5.41) is 13.9. The lowest BCUT2D eigenvalue weighted by atomic mass is 10.2. The zero-order valence-electron chi connectivity index (χ0n) is 11.1. The first-order valence-corrected chi connectivity index (χ1v) is 6.81. The summed E-state index contributed by atoms with van der Waals surface area (Å²) in [6.45, 7) is 0.357. The molecule has 0 aliphatic carbocycles. The summed E-state index contributed by atoms with van der Waals surface area (Å²) in [5.74, 6) is -0.0155. The number of rotatable bonds is 5. The monoisotopic (exact) mass is 354 g/mol. The van der Waals surface area contributed by atoms with E-state index in [1.165, 1.54) is 25.3 Å². The van der Waals surface area contributed by atoms with Crippen molar-refractivity contribution in [2.45, 2.75) is 6.54 Å². The van der Waals surface area contributed by atoms with Crippen LogP contribution in [-0.4, -0.2) is 12.0 Å². The van der Waals surface area contributed by atoms with Crippen LogP contribution in [0.3, 0.4) is 0 Å². The molecule has 0 heterocycles. The molecule has 0 fully saturated rings. The molecule has 2 aromatic carbocycles. The minimum absolute atomic E-state index is 0.000344. The van der Waals surface area contributed by atoms with Gasteiger partial charge in [-0.2, -0.15) is 0 Å². The first kappa shape index (κ1) is 15.2. The molecule has 5 nitrogen and oxygen atoms in total. The molecule has 0 radical (unpaired) electrons. The molecule has 0 aliphatic rings. The van der Waals surface area contributed by atoms with Gasteiger partial charge < -0.3 is 10.1 Å². The van der Waals surface area contributed by atoms with Crippen LogP contribution in [0.15, 0.2) is 40.9 Å². The Morgan fingerprint density at radius 2 is 2.10 bits per heavy atom. The van der Waals surface area contributed by atoms with Gasteiger partial charge in [0.1, 0.15) is 11.6 Å². The Hall–Kier alpha value is -2.15. The van der Waals surface area contributed by atoms with Gasteiger partial charge in [0.15, 0.2) is 0 Å². The van der Waals surface area contributed by atoms with Crippen LogP contribution in [0.2, 0.25) is 0 Å². The molecule has 7 heteroatoms. The number of nitrogens with zero attached hydrogens (tertiary/aromatic N) is 1. The summed E-state index contributed by atoms with van der Waals surface area (Å²) in [5.41, 5.74) is 1.35. The van der Waals surface area contributed by atoms with E-state index in [2.05, 4.69) is 21.2 Å². The molecular formula is C14H12BrFN2O3. The third-order valence-corrected chi connectivity index (χ3v) is 3.52. The van der Waals surface area contributed by atoms with Gasteiger partial charge in [-0.25, -0.2) is 4.39 Å². The average molecular weight is 355 g/mol. The quantitative estimate of drug-likeness (QED) is 0.647. The molecule has 0 aliphatic heterocycles. The molecule has 0 atom stereocenters. The van der Waals surface area contributed by atoms with Gasteiger partial charge in [0.2, 0.25) is 0 Å². The van der Waals surface area contributed by atoms with E-state index < -0.39 is 10.7 Å². The molecule has 0 saturated heterocycles. The molecular weight excluding hydrogens is 343 g/mol. The highest BCUT2D eigenvalue weighted by Gasteiger charge is 2.12. The van der Waals surface area contributed by atoms with Crippen molar-refractivity contribution in [1.29, 1.82) is 0 Å². The molecule has 0 unspecified atom stereocenters. The molecule has 1 N–H and O–H groups in total. The molecule has 2 aromatic rings. The second kappa shape index (κ2) is 6.53. The molecule has 0 aromatic heterocycles. The van der Waals surface area contributed by atoms with Crippen molar-refractivity contribution in [3.63, 3.8) is 0 Å². The highest BCUT2D eigenvalue weighted by molar-refractivity contribution is 9.10. The molecule has 21 heavy (non-hydrogen) atoms. The van der Waals surface area contributed by atoms with Gasteiger partial charge in [0.25, 0.3) is 5.69 Å². The number of hydrogen-bond acceptors (Lipinski definition) is 4. The van der Waals surface area contributed by atoms with Crippen LogP contribution < -0.4 is 10.1 Å². The maximum Gasteiger partial charge on any atom is 0.283 e. The molecule has 0 bridgehead atoms. The fraction of sp³-hybridized carbons (Fsp3) is 0.143. The highest BCUT2D eigenvalue weighted by Crippen LogP contribution is 2.28. The van der Waals surface area contributed by atoms with Crippen molar-refractivity contribution in [2.75, 3.05) is 12.4 Å². The number of anilines is 1. The van der Waals surface area contributed by atoms with E-state index in [1.54, 1.807) is 18.2 Å². The van der Waals surface area contributed by atoms with E-state index in [9.17, 15) is 14.5 Å². The molecule has 0 spiro atoms. The first-order chi connectivity index (χ1) is 10.0. The Morgan fingerprint density at radius 3 is 2.76 bits per heavy atom. The van der Waals surface area contributed by atoms with Gasteiger partial charge in [-0.3, -0.25) is 10.1 Å². The number of nitro benzene ring substituents is 1. The fourth-order valence-corrected chi connectivity index (χ4v) is 2.21. The smallest absolute Gasteiger partial charge is 0.283 e. The van der Waals surface area contributed by atoms with Gasteiger partial charge in [0, 0.05) is 18.7 Å². The minimum Gasteiger partial charge on any atom is -0.494 e. The largest absolute Gasteiger partial charge is 0.494 e. The fourth-order valence-electron chi connectivity index (χ4n) is 1.82. The van der Waals surface area contributed by atoms with Crippen LogP contribution in [0.1, 0.15) is 5.56 Å². The SMILES string of the molecule is COc1cc(F)ccc1NCc1ccc(Br)c([N+](=O)[O-])c1. The predicted molar refractivity (Wildman–Crippen MR) is 81.1 cm³/mol. The zero-order valence-corrected chi connectivity index (χ0v) is 12.7. The summed E-state index contributed by atoms with van der Waals surface area (Å²) in [6.07, 6.45) is 0. The first-order valence-electron chi connectivity index (χ1n) is 6.01. The summed E-state index contributed by atoms with van der Waals surface area (Å²) in [4.78, 5) is 10.4. The Morgan fingerprint density at radius 1 is 1.33 bits per heavy atom. The number of halogens is 2. The highest BCUT2D eigenvalue weighted by atomic mass is 79.9. The second-order valence-electron chi connectivity index (χ2n) is 4.24. The standard InChI is InChI=1S/C14H12BrFN2O3/c1-21-14-7-10(16)3-5-12(14)17-8-9-2-4-11(15)13(6-9)18(19)20/h2-7,17H,8H2,1H3. The normalized spacial score (nSPS) is 10.2. The van der Waals surface area contributed by atoms with Crippen LogP contribution in [0.5, 0.6) is 5.75 Å². The maximum absolute atomic E-state index is 13.1. The van der Waals surface area contributed by atoms with Crippen LogP contribution >= 0.6 is 15.9 Å². The Labute approximate surface area is 129 Å². The molecule has 2 rings (SSSR count). The van der Waals surface area contributed by atoms with Crippen LogP contribution in [0.4, 0.5) is 15.8 Å². The summed E-state index contributed by atoms with van der Waals surface area (Å²) in [7, 11) is 1.45. The minimum atomic E-state index is -0.452. The summed E-state index contributed by atoms with van der Waals surface area (Å²) >= 11 is 3.13. The van der Waals surface area contributed by atoms with Crippen molar-refractivity contribution in [3.8, 4) is 5.75 Å². The average Bonchev–Trinajstić information content (AvgIpc) is 2.46. The van der Waals surface area contributed by atoms with E-state index in [-0.39, 0.29) is 5.69 Å². The number of ether oxygens (including phenoxy) is 1. The topological polar surface area (TPSA) is 64.4 Å². The van der Waals surface area contributed by atoms with Crippen molar-refractivity contribution >= 4 is 27.3 Å². The zero-order chi connectivity index (χ0) is 15.4. The summed E-state index contributed by atoms with van der Waals surface area (Å²) < 4.78 is 18.6. The third-order valence-electron chi connectivity index (χ3n) is 2.85. The van der Waals surface area contributed by atoms with Crippen LogP contribution in [-0.2, 0) is 6.54 Å². The predicted octanol–water partition coefficient (Wildman–Crippen LogP) is 4.12. The van der Waals surface area contributed by atoms with E-state index in [0.29, 0.717) is 22.5 Å². The number of benzene rings is 2. The molecule has 0 amide bonds. The van der Waals surface area contributed by atoms with E-state index in [0.717, 1.165) is 5.56 Å². The van der Waals surface area contributed by atoms with Crippen molar-refractivity contribution in [2.24, 2.45) is 0 Å². The van der Waals surface area contributed by atoms with E-state index in [4.69, 9.17) is 4.74 Å². The lowest BCUT2D eigenvalue weighted by Gasteiger charge is -2.11. The number of methoxy groups -OCH3 is 1. The lowest BCUT2D eigenvalue weighted by molar-refractivity contribution is -0.385.